The molecule has 1 aliphatic rings. The third-order valence-corrected chi connectivity index (χ3v) is 5.39. The van der Waals surface area contributed by atoms with Crippen LogP contribution in [0.5, 0.6) is 5.75 Å². The molecule has 26 heavy (non-hydrogen) atoms. The van der Waals surface area contributed by atoms with E-state index in [4.69, 9.17) is 0 Å². The third-order valence-electron chi connectivity index (χ3n) is 4.75. The van der Waals surface area contributed by atoms with Crippen molar-refractivity contribution in [3.8, 4) is 5.75 Å². The molecule has 1 aromatic carbocycles. The first kappa shape index (κ1) is 16.8. The zero-order valence-electron chi connectivity index (χ0n) is 14.3. The normalized spacial score (nSPS) is 17.4. The second-order valence-electron chi connectivity index (χ2n) is 6.53. The number of nitrogens with zero attached hydrogens (tertiary/aromatic N) is 4. The van der Waals surface area contributed by atoms with Crippen LogP contribution in [0.2, 0.25) is 0 Å². The lowest BCUT2D eigenvalue weighted by molar-refractivity contribution is 0.0703. The number of amides is 1. The van der Waals surface area contributed by atoms with E-state index in [0.717, 1.165) is 30.9 Å². The topological polar surface area (TPSA) is 71.2 Å². The van der Waals surface area contributed by atoms with E-state index in [0.29, 0.717) is 18.7 Å². The first-order valence-electron chi connectivity index (χ1n) is 8.67. The Balaban J connectivity index is 1.50. The lowest BCUT2D eigenvalue weighted by Crippen LogP contribution is -2.39. The predicted molar refractivity (Wildman–Crippen MR) is 99.4 cm³/mol. The summed E-state index contributed by atoms with van der Waals surface area (Å²) in [5.74, 6) is 1.41. The molecule has 0 saturated carbocycles. The number of thiazole rings is 1. The van der Waals surface area contributed by atoms with Crippen LogP contribution in [-0.2, 0) is 6.54 Å². The van der Waals surface area contributed by atoms with Gasteiger partial charge < -0.3 is 14.6 Å². The third kappa shape index (κ3) is 3.48. The fraction of sp³-hybridized carbons (Fsp3) is 0.316. The van der Waals surface area contributed by atoms with E-state index < -0.39 is 0 Å². The minimum absolute atomic E-state index is 0.00677. The number of imidazole rings is 1. The van der Waals surface area contributed by atoms with E-state index in [1.807, 2.05) is 28.2 Å². The van der Waals surface area contributed by atoms with Crippen molar-refractivity contribution in [2.45, 2.75) is 25.3 Å². The Labute approximate surface area is 155 Å². The zero-order chi connectivity index (χ0) is 17.9. The molecule has 1 amide bonds. The maximum atomic E-state index is 12.8. The number of rotatable bonds is 4. The van der Waals surface area contributed by atoms with Gasteiger partial charge in [-0.15, -0.1) is 11.3 Å². The lowest BCUT2D eigenvalue weighted by Gasteiger charge is -2.32. The van der Waals surface area contributed by atoms with Crippen LogP contribution in [0.25, 0.3) is 0 Å². The molecule has 0 unspecified atom stereocenters. The highest BCUT2D eigenvalue weighted by atomic mass is 32.1. The summed E-state index contributed by atoms with van der Waals surface area (Å²) in [5.41, 5.74) is 3.47. The summed E-state index contributed by atoms with van der Waals surface area (Å²) in [6.07, 6.45) is 5.78. The van der Waals surface area contributed by atoms with E-state index in [1.165, 1.54) is 0 Å². The SMILES string of the molecule is O=C(c1ccc(O)cc1)N1CCC[C@@H](c2nccn2Cc2cscn2)C1. The van der Waals surface area contributed by atoms with Gasteiger partial charge in [0.25, 0.3) is 5.91 Å². The molecule has 1 saturated heterocycles. The van der Waals surface area contributed by atoms with Gasteiger partial charge in [0, 0.05) is 42.3 Å². The van der Waals surface area contributed by atoms with Gasteiger partial charge in [-0.3, -0.25) is 4.79 Å². The van der Waals surface area contributed by atoms with Gasteiger partial charge >= 0.3 is 0 Å². The molecular weight excluding hydrogens is 348 g/mol. The number of likely N-dealkylation sites (tertiary alicyclic amines) is 1. The Morgan fingerprint density at radius 2 is 2.12 bits per heavy atom. The summed E-state index contributed by atoms with van der Waals surface area (Å²) >= 11 is 1.59. The van der Waals surface area contributed by atoms with Gasteiger partial charge in [0.1, 0.15) is 11.6 Å². The number of carbonyl (C=O) groups is 1. The quantitative estimate of drug-likeness (QED) is 0.768. The maximum absolute atomic E-state index is 12.8. The molecule has 0 radical (unpaired) electrons. The molecule has 0 aliphatic carbocycles. The Kier molecular flexibility index (Phi) is 4.71. The van der Waals surface area contributed by atoms with Crippen LogP contribution in [0.4, 0.5) is 0 Å². The number of aromatic hydroxyl groups is 1. The molecule has 7 heteroatoms. The lowest BCUT2D eigenvalue weighted by atomic mass is 9.96. The Morgan fingerprint density at radius 3 is 2.88 bits per heavy atom. The maximum Gasteiger partial charge on any atom is 0.253 e. The summed E-state index contributed by atoms with van der Waals surface area (Å²) in [6.45, 7) is 2.12. The van der Waals surface area contributed by atoms with Gasteiger partial charge in [-0.1, -0.05) is 0 Å². The van der Waals surface area contributed by atoms with Gasteiger partial charge in [-0.05, 0) is 37.1 Å². The van der Waals surface area contributed by atoms with Crippen LogP contribution in [0.15, 0.2) is 47.5 Å². The highest BCUT2D eigenvalue weighted by Crippen LogP contribution is 2.27. The molecule has 0 spiro atoms. The number of hydrogen-bond donors (Lipinski definition) is 1. The molecule has 0 bridgehead atoms. The summed E-state index contributed by atoms with van der Waals surface area (Å²) in [5, 5.41) is 11.5. The number of carbonyl (C=O) groups excluding carboxylic acids is 1. The fourth-order valence-corrected chi connectivity index (χ4v) is 4.01. The molecule has 134 valence electrons. The van der Waals surface area contributed by atoms with Crippen molar-refractivity contribution in [3.05, 3.63) is 64.6 Å². The van der Waals surface area contributed by atoms with Crippen molar-refractivity contribution < 1.29 is 9.90 Å². The Bertz CT molecular complexity index is 873. The Morgan fingerprint density at radius 1 is 1.27 bits per heavy atom. The molecule has 1 aliphatic heterocycles. The molecule has 6 nitrogen and oxygen atoms in total. The Hall–Kier alpha value is -2.67. The first-order chi connectivity index (χ1) is 12.7. The summed E-state index contributed by atoms with van der Waals surface area (Å²) in [6, 6.07) is 6.44. The highest BCUT2D eigenvalue weighted by molar-refractivity contribution is 7.07. The van der Waals surface area contributed by atoms with Gasteiger partial charge in [0.15, 0.2) is 0 Å². The molecule has 3 heterocycles. The fourth-order valence-electron chi connectivity index (χ4n) is 3.46. The van der Waals surface area contributed by atoms with Crippen LogP contribution in [0.1, 0.15) is 40.6 Å². The van der Waals surface area contributed by atoms with Crippen molar-refractivity contribution in [1.82, 2.24) is 19.4 Å². The first-order valence-corrected chi connectivity index (χ1v) is 9.61. The van der Waals surface area contributed by atoms with Gasteiger partial charge in [-0.25, -0.2) is 9.97 Å². The van der Waals surface area contributed by atoms with Crippen LogP contribution < -0.4 is 0 Å². The van der Waals surface area contributed by atoms with E-state index in [2.05, 4.69) is 14.5 Å². The molecular formula is C19H20N4O2S. The summed E-state index contributed by atoms with van der Waals surface area (Å²) in [4.78, 5) is 23.6. The number of hydrogen-bond acceptors (Lipinski definition) is 5. The van der Waals surface area contributed by atoms with Crippen LogP contribution in [0.3, 0.4) is 0 Å². The molecule has 1 N–H and O–H groups in total. The number of aromatic nitrogens is 3. The molecule has 3 aromatic rings. The zero-order valence-corrected chi connectivity index (χ0v) is 15.1. The predicted octanol–water partition coefficient (Wildman–Crippen LogP) is 3.11. The molecule has 2 aromatic heterocycles. The largest absolute Gasteiger partial charge is 0.508 e. The van der Waals surface area contributed by atoms with Crippen molar-refractivity contribution in [3.63, 3.8) is 0 Å². The standard InChI is InChI=1S/C19H20N4O2S/c24-17-5-3-14(4-6-17)19(25)23-8-1-2-15(10-23)18-20-7-9-22(18)11-16-12-26-13-21-16/h3-7,9,12-13,15,24H,1-2,8,10-11H2/t15-/m1/s1. The van der Waals surface area contributed by atoms with Crippen molar-refractivity contribution in [2.24, 2.45) is 0 Å². The second-order valence-corrected chi connectivity index (χ2v) is 7.25. The number of benzene rings is 1. The van der Waals surface area contributed by atoms with Crippen LogP contribution >= 0.6 is 11.3 Å². The highest BCUT2D eigenvalue weighted by Gasteiger charge is 2.28. The monoisotopic (exact) mass is 368 g/mol. The van der Waals surface area contributed by atoms with Crippen LogP contribution in [0, 0.1) is 0 Å². The minimum atomic E-state index is 0.00677. The van der Waals surface area contributed by atoms with E-state index in [1.54, 1.807) is 35.6 Å². The second kappa shape index (κ2) is 7.29. The summed E-state index contributed by atoms with van der Waals surface area (Å²) in [7, 11) is 0. The van der Waals surface area contributed by atoms with Crippen molar-refractivity contribution in [2.75, 3.05) is 13.1 Å². The number of phenolic OH excluding ortho intramolecular Hbond substituents is 1. The van der Waals surface area contributed by atoms with E-state index in [9.17, 15) is 9.90 Å². The van der Waals surface area contributed by atoms with Crippen molar-refractivity contribution in [1.29, 1.82) is 0 Å². The minimum Gasteiger partial charge on any atom is -0.508 e. The van der Waals surface area contributed by atoms with Crippen molar-refractivity contribution >= 4 is 17.2 Å². The average molecular weight is 368 g/mol. The van der Waals surface area contributed by atoms with E-state index >= 15 is 0 Å². The van der Waals surface area contributed by atoms with E-state index in [-0.39, 0.29) is 17.6 Å². The van der Waals surface area contributed by atoms with Gasteiger partial charge in [0.05, 0.1) is 17.7 Å². The number of phenols is 1. The summed E-state index contributed by atoms with van der Waals surface area (Å²) < 4.78 is 2.13. The van der Waals surface area contributed by atoms with Gasteiger partial charge in [-0.2, -0.15) is 0 Å². The van der Waals surface area contributed by atoms with Gasteiger partial charge in [0.2, 0.25) is 0 Å². The van der Waals surface area contributed by atoms with Crippen LogP contribution in [-0.4, -0.2) is 43.5 Å². The molecule has 4 rings (SSSR count). The molecule has 1 atom stereocenters. The number of piperidine rings is 1. The average Bonchev–Trinajstić information content (AvgIpc) is 3.34. The molecule has 1 fully saturated rings. The smallest absolute Gasteiger partial charge is 0.253 e.